The summed E-state index contributed by atoms with van der Waals surface area (Å²) in [5, 5.41) is 1.54. The number of aromatic amines is 1. The first-order valence-electron chi connectivity index (χ1n) is 13.1. The number of aliphatic imine (C=N–C) groups is 1. The van der Waals surface area contributed by atoms with Crippen LogP contribution in [0.25, 0.3) is 16.5 Å². The lowest BCUT2D eigenvalue weighted by Crippen LogP contribution is -2.31. The number of amides is 1. The van der Waals surface area contributed by atoms with E-state index in [-0.39, 0.29) is 10.6 Å². The number of aryl methyl sites for hydroxylation is 3. The van der Waals surface area contributed by atoms with Gasteiger partial charge in [0.05, 0.1) is 17.0 Å². The number of aromatic nitrogens is 1. The number of fused-ring (bicyclic) bond motifs is 1. The Balaban J connectivity index is 1.68. The Morgan fingerprint density at radius 1 is 1.10 bits per heavy atom. The lowest BCUT2D eigenvalue weighted by Gasteiger charge is -2.11. The molecule has 0 aliphatic rings. The van der Waals surface area contributed by atoms with Gasteiger partial charge in [0.25, 0.3) is 15.9 Å². The number of hydrogen-bond acceptors (Lipinski definition) is 5. The Morgan fingerprint density at radius 2 is 1.80 bits per heavy atom. The number of halogens is 1. The van der Waals surface area contributed by atoms with Crippen molar-refractivity contribution < 1.29 is 17.9 Å². The summed E-state index contributed by atoms with van der Waals surface area (Å²) in [5.74, 6) is -0.0147. The maximum absolute atomic E-state index is 13.5. The zero-order valence-corrected chi connectivity index (χ0v) is 24.8. The molecular formula is C32H32ClN3O4S. The Bertz CT molecular complexity index is 1730. The molecule has 1 heterocycles. The first kappa shape index (κ1) is 29.8. The molecule has 1 amide bonds. The number of rotatable bonds is 11. The largest absolute Gasteiger partial charge is 0.494 e. The quantitative estimate of drug-likeness (QED) is 0.110. The summed E-state index contributed by atoms with van der Waals surface area (Å²) >= 11 is 6.28. The Hall–Kier alpha value is -4.14. The van der Waals surface area contributed by atoms with Crippen LogP contribution in [0.1, 0.15) is 46.1 Å². The number of allylic oxidation sites excluding steroid dienone is 3. The Kier molecular flexibility index (Phi) is 9.47. The minimum absolute atomic E-state index is 0.00640. The first-order chi connectivity index (χ1) is 19.7. The van der Waals surface area contributed by atoms with E-state index in [1.807, 2.05) is 63.3 Å². The van der Waals surface area contributed by atoms with Crippen LogP contribution in [-0.2, 0) is 16.4 Å². The van der Waals surface area contributed by atoms with Crippen molar-refractivity contribution in [3.05, 3.63) is 112 Å². The molecule has 0 fully saturated rings. The van der Waals surface area contributed by atoms with Crippen LogP contribution in [0.15, 0.2) is 88.9 Å². The number of nitrogens with one attached hydrogen (secondary N) is 2. The van der Waals surface area contributed by atoms with Gasteiger partial charge in [0.15, 0.2) is 0 Å². The molecule has 0 atom stereocenters. The number of carbonyl (C=O) groups is 1. The fourth-order valence-electron chi connectivity index (χ4n) is 4.70. The number of H-pyrrole nitrogens is 1. The van der Waals surface area contributed by atoms with Crippen LogP contribution in [0.2, 0.25) is 5.02 Å². The van der Waals surface area contributed by atoms with Crippen LogP contribution >= 0.6 is 11.6 Å². The van der Waals surface area contributed by atoms with Crippen molar-refractivity contribution in [3.63, 3.8) is 0 Å². The third-order valence-electron chi connectivity index (χ3n) is 6.68. The molecule has 0 saturated carbocycles. The highest BCUT2D eigenvalue weighted by Crippen LogP contribution is 2.31. The number of nitrogens with zero attached hydrogens (tertiary/aromatic N) is 1. The summed E-state index contributed by atoms with van der Waals surface area (Å²) in [7, 11) is -4.07. The molecule has 0 radical (unpaired) electrons. The second-order valence-corrected chi connectivity index (χ2v) is 11.6. The molecule has 212 valence electrons. The molecule has 0 unspecified atom stereocenters. The van der Waals surface area contributed by atoms with E-state index in [9.17, 15) is 13.2 Å². The number of carbonyl (C=O) groups excluding carboxylic acids is 1. The normalized spacial score (nSPS) is 12.1. The van der Waals surface area contributed by atoms with E-state index in [4.69, 9.17) is 16.3 Å². The number of para-hydroxylation sites is 1. The summed E-state index contributed by atoms with van der Waals surface area (Å²) in [6, 6.07) is 17.3. The van der Waals surface area contributed by atoms with E-state index in [0.717, 1.165) is 38.9 Å². The molecular weight excluding hydrogens is 558 g/mol. The molecule has 0 spiro atoms. The maximum Gasteiger partial charge on any atom is 0.281 e. The van der Waals surface area contributed by atoms with Gasteiger partial charge in [-0.1, -0.05) is 54.1 Å². The van der Waals surface area contributed by atoms with E-state index in [1.165, 1.54) is 12.1 Å². The lowest BCUT2D eigenvalue weighted by atomic mass is 9.99. The summed E-state index contributed by atoms with van der Waals surface area (Å²) < 4.78 is 34.2. The first-order valence-corrected chi connectivity index (χ1v) is 15.0. The van der Waals surface area contributed by atoms with Crippen molar-refractivity contribution in [2.45, 2.75) is 38.5 Å². The average Bonchev–Trinajstić information content (AvgIpc) is 3.34. The Morgan fingerprint density at radius 3 is 2.46 bits per heavy atom. The van der Waals surface area contributed by atoms with Gasteiger partial charge in [-0.3, -0.25) is 9.79 Å². The van der Waals surface area contributed by atoms with Crippen LogP contribution in [0.4, 0.5) is 0 Å². The molecule has 0 aliphatic carbocycles. The lowest BCUT2D eigenvalue weighted by molar-refractivity contribution is 0.0976. The molecule has 4 aromatic rings. The highest BCUT2D eigenvalue weighted by molar-refractivity contribution is 7.90. The summed E-state index contributed by atoms with van der Waals surface area (Å²) in [4.78, 5) is 20.5. The SMILES string of the molecule is C=N/C=C\C(=C/C)c1cccc2c(CCCOc3cc(C)c(Cl)c(C)c3)c(C(=O)NS(=O)(=O)c3ccccc3)[nH]c12. The molecule has 0 aliphatic heterocycles. The van der Waals surface area contributed by atoms with Crippen molar-refractivity contribution in [1.29, 1.82) is 0 Å². The van der Waals surface area contributed by atoms with Gasteiger partial charge in [0.2, 0.25) is 0 Å². The van der Waals surface area contributed by atoms with Gasteiger partial charge in [-0.15, -0.1) is 0 Å². The maximum atomic E-state index is 13.5. The number of benzene rings is 3. The average molecular weight is 590 g/mol. The minimum Gasteiger partial charge on any atom is -0.494 e. The second kappa shape index (κ2) is 13.0. The van der Waals surface area contributed by atoms with Gasteiger partial charge >= 0.3 is 0 Å². The molecule has 2 N–H and O–H groups in total. The third kappa shape index (κ3) is 6.78. The van der Waals surface area contributed by atoms with Crippen LogP contribution in [-0.4, -0.2) is 32.6 Å². The molecule has 7 nitrogen and oxygen atoms in total. The predicted molar refractivity (Wildman–Crippen MR) is 166 cm³/mol. The van der Waals surface area contributed by atoms with E-state index in [0.29, 0.717) is 30.0 Å². The summed E-state index contributed by atoms with van der Waals surface area (Å²) in [6.45, 7) is 9.66. The van der Waals surface area contributed by atoms with E-state index in [2.05, 4.69) is 21.4 Å². The molecule has 4 rings (SSSR count). The van der Waals surface area contributed by atoms with Gasteiger partial charge in [0.1, 0.15) is 11.4 Å². The number of hydrogen-bond donors (Lipinski definition) is 2. The van der Waals surface area contributed by atoms with Crippen LogP contribution in [0.5, 0.6) is 5.75 Å². The van der Waals surface area contributed by atoms with Crippen molar-refractivity contribution >= 4 is 50.7 Å². The summed E-state index contributed by atoms with van der Waals surface area (Å²) in [6.07, 6.45) is 6.40. The molecule has 1 aromatic heterocycles. The van der Waals surface area contributed by atoms with Gasteiger partial charge in [-0.05, 0) is 92.9 Å². The van der Waals surface area contributed by atoms with E-state index in [1.54, 1.807) is 24.4 Å². The van der Waals surface area contributed by atoms with Gasteiger partial charge in [-0.25, -0.2) is 13.1 Å². The zero-order valence-electron chi connectivity index (χ0n) is 23.2. The van der Waals surface area contributed by atoms with Crippen molar-refractivity contribution in [2.24, 2.45) is 4.99 Å². The van der Waals surface area contributed by atoms with Gasteiger partial charge in [0, 0.05) is 22.2 Å². The van der Waals surface area contributed by atoms with Crippen molar-refractivity contribution in [1.82, 2.24) is 9.71 Å². The molecule has 0 saturated heterocycles. The zero-order chi connectivity index (χ0) is 29.6. The molecule has 41 heavy (non-hydrogen) atoms. The van der Waals surface area contributed by atoms with E-state index >= 15 is 0 Å². The van der Waals surface area contributed by atoms with Gasteiger partial charge in [-0.2, -0.15) is 0 Å². The Labute approximate surface area is 245 Å². The van der Waals surface area contributed by atoms with Crippen LogP contribution < -0.4 is 9.46 Å². The standard InChI is InChI=1S/C32H32ClN3O4S/c1-5-23(16-17-34-4)26-13-9-14-27-28(15-10-18-40-24-19-21(2)29(33)22(3)20-24)31(35-30(26)27)32(37)36-41(38,39)25-11-7-6-8-12-25/h5-9,11-14,16-17,19-20,35H,4,10,15,18H2,1-3H3,(H,36,37)/b17-16-,23-5+. The second-order valence-electron chi connectivity index (χ2n) is 9.52. The molecule has 9 heteroatoms. The fourth-order valence-corrected chi connectivity index (χ4v) is 5.79. The molecule has 3 aromatic carbocycles. The van der Waals surface area contributed by atoms with Crippen LogP contribution in [0, 0.1) is 13.8 Å². The van der Waals surface area contributed by atoms with Crippen molar-refractivity contribution in [3.8, 4) is 5.75 Å². The van der Waals surface area contributed by atoms with E-state index < -0.39 is 15.9 Å². The predicted octanol–water partition coefficient (Wildman–Crippen LogP) is 7.19. The number of ether oxygens (including phenoxy) is 1. The third-order valence-corrected chi connectivity index (χ3v) is 8.62. The minimum atomic E-state index is -4.07. The highest BCUT2D eigenvalue weighted by Gasteiger charge is 2.24. The van der Waals surface area contributed by atoms with Gasteiger partial charge < -0.3 is 9.72 Å². The summed E-state index contributed by atoms with van der Waals surface area (Å²) in [5.41, 5.74) is 5.20. The smallest absolute Gasteiger partial charge is 0.281 e. The highest BCUT2D eigenvalue weighted by atomic mass is 35.5. The number of sulfonamides is 1. The van der Waals surface area contributed by atoms with Crippen LogP contribution in [0.3, 0.4) is 0 Å². The monoisotopic (exact) mass is 589 g/mol. The fraction of sp³-hybridized carbons (Fsp3) is 0.188. The topological polar surface area (TPSA) is 101 Å². The van der Waals surface area contributed by atoms with Crippen molar-refractivity contribution in [2.75, 3.05) is 6.61 Å². The molecule has 0 bridgehead atoms.